The highest BCUT2D eigenvalue weighted by Crippen LogP contribution is 2.34. The summed E-state index contributed by atoms with van der Waals surface area (Å²) in [6.45, 7) is 0. The molecule has 0 unspecified atom stereocenters. The molecular weight excluding hydrogens is 270 g/mol. The Balaban J connectivity index is 3.01. The number of aldehydes is 1. The molecule has 0 saturated carbocycles. The molecule has 1 aromatic rings. The molecule has 0 heterocycles. The lowest BCUT2D eigenvalue weighted by Gasteiger charge is -2.14. The fourth-order valence-corrected chi connectivity index (χ4v) is 1.20. The molecule has 6 heteroatoms. The zero-order valence-corrected chi connectivity index (χ0v) is 9.66. The third-order valence-corrected chi connectivity index (χ3v) is 1.86. The van der Waals surface area contributed by atoms with Gasteiger partial charge in [0.15, 0.2) is 0 Å². The van der Waals surface area contributed by atoms with E-state index in [4.69, 9.17) is 51.1 Å². The van der Waals surface area contributed by atoms with E-state index >= 15 is 0 Å². The van der Waals surface area contributed by atoms with E-state index in [-0.39, 0.29) is 10.8 Å². The minimum Gasteiger partial charge on any atom is -0.444 e. The highest BCUT2D eigenvalue weighted by atomic mass is 35.6. The minimum atomic E-state index is -1.90. The largest absolute Gasteiger partial charge is 0.444 e. The van der Waals surface area contributed by atoms with Crippen molar-refractivity contribution in [3.05, 3.63) is 28.8 Å². The molecule has 0 N–H and O–H groups in total. The zero-order valence-electron chi connectivity index (χ0n) is 6.64. The quantitative estimate of drug-likeness (QED) is 0.604. The standard InChI is InChI=1S/C8H4Cl4O2/c9-6-2-1-5(4-13)3-7(6)14-8(10,11)12/h1-4H. The molecule has 0 fully saturated rings. The average molecular weight is 274 g/mol. The number of ether oxygens (including phenoxy) is 1. The van der Waals surface area contributed by atoms with Gasteiger partial charge in [-0.3, -0.25) is 4.79 Å². The van der Waals surface area contributed by atoms with Gasteiger partial charge in [-0.05, 0) is 53.0 Å². The lowest BCUT2D eigenvalue weighted by molar-refractivity contribution is 0.112. The van der Waals surface area contributed by atoms with Gasteiger partial charge in [0.1, 0.15) is 12.0 Å². The summed E-state index contributed by atoms with van der Waals surface area (Å²) in [6, 6.07) is 4.40. The number of hydrogen-bond acceptors (Lipinski definition) is 2. The van der Waals surface area contributed by atoms with Crippen LogP contribution < -0.4 is 4.74 Å². The maximum absolute atomic E-state index is 10.4. The molecule has 1 aromatic carbocycles. The topological polar surface area (TPSA) is 26.3 Å². The molecule has 1 rings (SSSR count). The van der Waals surface area contributed by atoms with Crippen LogP contribution in [0.5, 0.6) is 5.75 Å². The first-order valence-corrected chi connectivity index (χ1v) is 4.94. The predicted octanol–water partition coefficient (Wildman–Crippen LogP) is 3.86. The number of carbonyl (C=O) groups excluding carboxylic acids is 1. The van der Waals surface area contributed by atoms with Crippen molar-refractivity contribution in [2.75, 3.05) is 0 Å². The van der Waals surface area contributed by atoms with Crippen LogP contribution >= 0.6 is 46.4 Å². The predicted molar refractivity (Wildman–Crippen MR) is 57.8 cm³/mol. The van der Waals surface area contributed by atoms with Crippen molar-refractivity contribution in [3.63, 3.8) is 0 Å². The number of carbonyl (C=O) groups is 1. The van der Waals surface area contributed by atoms with E-state index in [9.17, 15) is 4.79 Å². The SMILES string of the molecule is O=Cc1ccc(Cl)c(OC(Cl)(Cl)Cl)c1. The summed E-state index contributed by atoms with van der Waals surface area (Å²) in [5.41, 5.74) is 0.388. The van der Waals surface area contributed by atoms with E-state index in [1.165, 1.54) is 18.2 Å². The summed E-state index contributed by atoms with van der Waals surface area (Å²) in [6.07, 6.45) is 0.640. The van der Waals surface area contributed by atoms with Crippen LogP contribution in [0.1, 0.15) is 10.4 Å². The van der Waals surface area contributed by atoms with Crippen molar-refractivity contribution in [2.24, 2.45) is 0 Å². The fourth-order valence-electron chi connectivity index (χ4n) is 0.796. The Morgan fingerprint density at radius 2 is 1.93 bits per heavy atom. The summed E-state index contributed by atoms with van der Waals surface area (Å²) in [7, 11) is 0. The van der Waals surface area contributed by atoms with Crippen LogP contribution in [-0.4, -0.2) is 10.3 Å². The first-order valence-electron chi connectivity index (χ1n) is 3.43. The molecule has 0 atom stereocenters. The molecule has 0 saturated heterocycles. The highest BCUT2D eigenvalue weighted by molar-refractivity contribution is 6.66. The van der Waals surface area contributed by atoms with Crippen LogP contribution in [0.2, 0.25) is 5.02 Å². The molecule has 0 aromatic heterocycles. The van der Waals surface area contributed by atoms with Crippen LogP contribution in [0.4, 0.5) is 0 Å². The lowest BCUT2D eigenvalue weighted by Crippen LogP contribution is -2.12. The van der Waals surface area contributed by atoms with Gasteiger partial charge < -0.3 is 4.74 Å². The average Bonchev–Trinajstić information content (AvgIpc) is 2.06. The van der Waals surface area contributed by atoms with E-state index < -0.39 is 3.98 Å². The lowest BCUT2D eigenvalue weighted by atomic mass is 10.2. The molecule has 0 amide bonds. The summed E-state index contributed by atoms with van der Waals surface area (Å²) < 4.78 is 2.98. The summed E-state index contributed by atoms with van der Waals surface area (Å²) in [5.74, 6) is 0.149. The second kappa shape index (κ2) is 4.58. The number of hydrogen-bond donors (Lipinski definition) is 0. The van der Waals surface area contributed by atoms with Gasteiger partial charge in [-0.2, -0.15) is 0 Å². The van der Waals surface area contributed by atoms with Crippen molar-refractivity contribution >= 4 is 52.7 Å². The maximum Gasteiger partial charge on any atom is 0.338 e. The smallest absolute Gasteiger partial charge is 0.338 e. The first-order chi connectivity index (χ1) is 6.42. The molecule has 0 bridgehead atoms. The van der Waals surface area contributed by atoms with Crippen LogP contribution in [0.15, 0.2) is 18.2 Å². The second-order valence-corrected chi connectivity index (χ2v) is 4.94. The monoisotopic (exact) mass is 272 g/mol. The van der Waals surface area contributed by atoms with Gasteiger partial charge in [-0.1, -0.05) is 11.6 Å². The van der Waals surface area contributed by atoms with Crippen LogP contribution in [-0.2, 0) is 0 Å². The third-order valence-electron chi connectivity index (χ3n) is 1.32. The molecule has 0 aliphatic carbocycles. The summed E-state index contributed by atoms with van der Waals surface area (Å²) in [5, 5.41) is 0.266. The van der Waals surface area contributed by atoms with Crippen molar-refractivity contribution in [3.8, 4) is 5.75 Å². The van der Waals surface area contributed by atoms with Gasteiger partial charge in [0.2, 0.25) is 0 Å². The van der Waals surface area contributed by atoms with Gasteiger partial charge >= 0.3 is 3.98 Å². The fraction of sp³-hybridized carbons (Fsp3) is 0.125. The molecule has 0 aliphatic heterocycles. The number of alkyl halides is 3. The van der Waals surface area contributed by atoms with Crippen LogP contribution in [0.3, 0.4) is 0 Å². The van der Waals surface area contributed by atoms with Gasteiger partial charge in [-0.25, -0.2) is 0 Å². The Kier molecular flexibility index (Phi) is 3.90. The third kappa shape index (κ3) is 3.54. The van der Waals surface area contributed by atoms with Gasteiger partial charge in [0.05, 0.1) is 5.02 Å². The molecule has 0 spiro atoms. The van der Waals surface area contributed by atoms with Crippen molar-refractivity contribution in [2.45, 2.75) is 3.98 Å². The highest BCUT2D eigenvalue weighted by Gasteiger charge is 2.23. The van der Waals surface area contributed by atoms with Crippen LogP contribution in [0.25, 0.3) is 0 Å². The Bertz CT molecular complexity index is 346. The molecule has 2 nitrogen and oxygen atoms in total. The maximum atomic E-state index is 10.4. The molecule has 76 valence electrons. The van der Waals surface area contributed by atoms with E-state index in [1.54, 1.807) is 0 Å². The normalized spacial score (nSPS) is 11.1. The Hall–Kier alpha value is -0.150. The first kappa shape index (κ1) is 11.9. The number of rotatable bonds is 2. The van der Waals surface area contributed by atoms with Crippen molar-refractivity contribution < 1.29 is 9.53 Å². The second-order valence-electron chi connectivity index (χ2n) is 2.36. The van der Waals surface area contributed by atoms with Crippen LogP contribution in [0, 0.1) is 0 Å². The number of benzene rings is 1. The summed E-state index contributed by atoms with van der Waals surface area (Å²) in [4.78, 5) is 10.4. The molecule has 0 radical (unpaired) electrons. The van der Waals surface area contributed by atoms with E-state index in [0.717, 1.165) is 0 Å². The van der Waals surface area contributed by atoms with Crippen molar-refractivity contribution in [1.29, 1.82) is 0 Å². The molecular formula is C8H4Cl4O2. The van der Waals surface area contributed by atoms with Gasteiger partial charge in [-0.15, -0.1) is 0 Å². The molecule has 0 aliphatic rings. The molecule has 14 heavy (non-hydrogen) atoms. The minimum absolute atomic E-state index is 0.149. The summed E-state index contributed by atoms with van der Waals surface area (Å²) >= 11 is 21.9. The van der Waals surface area contributed by atoms with E-state index in [1.807, 2.05) is 0 Å². The Morgan fingerprint density at radius 1 is 1.29 bits per heavy atom. The van der Waals surface area contributed by atoms with Crippen molar-refractivity contribution in [1.82, 2.24) is 0 Å². The van der Waals surface area contributed by atoms with Gasteiger partial charge in [0, 0.05) is 5.56 Å². The Morgan fingerprint density at radius 3 is 2.43 bits per heavy atom. The van der Waals surface area contributed by atoms with E-state index in [0.29, 0.717) is 11.8 Å². The number of halogens is 4. The van der Waals surface area contributed by atoms with Gasteiger partial charge in [0.25, 0.3) is 0 Å². The Labute approximate surface area is 101 Å². The van der Waals surface area contributed by atoms with E-state index in [2.05, 4.69) is 0 Å². The zero-order chi connectivity index (χ0) is 10.8.